The van der Waals surface area contributed by atoms with Gasteiger partial charge in [0, 0.05) is 18.6 Å². The largest absolute Gasteiger partial charge is 0.361 e. The quantitative estimate of drug-likeness (QED) is 0.246. The molecule has 1 aromatic rings. The van der Waals surface area contributed by atoms with Crippen LogP contribution in [0.5, 0.6) is 0 Å². The van der Waals surface area contributed by atoms with E-state index in [2.05, 4.69) is 4.79 Å². The van der Waals surface area contributed by atoms with Gasteiger partial charge in [-0.15, -0.1) is 0 Å². The Labute approximate surface area is 91.3 Å². The highest BCUT2D eigenvalue weighted by atomic mass is 16.6. The molecule has 82 valence electrons. The monoisotopic (exact) mass is 219 g/mol. The van der Waals surface area contributed by atoms with Crippen LogP contribution in [-0.4, -0.2) is 21.7 Å². The summed E-state index contributed by atoms with van der Waals surface area (Å²) in [5.74, 6) is -0.291. The fourth-order valence-electron chi connectivity index (χ4n) is 1.18. The van der Waals surface area contributed by atoms with Crippen molar-refractivity contribution in [3.63, 3.8) is 0 Å². The lowest BCUT2D eigenvalue weighted by Gasteiger charge is -1.97. The summed E-state index contributed by atoms with van der Waals surface area (Å²) in [4.78, 5) is 23.5. The minimum Gasteiger partial charge on any atom is -0.361 e. The van der Waals surface area contributed by atoms with Crippen LogP contribution in [0.1, 0.15) is 12.0 Å². The lowest BCUT2D eigenvalue weighted by Crippen LogP contribution is -2.01. The number of Topliss-reactive ketones (excluding diaryl/α,β-unsaturated/α-hetero) is 1. The fraction of sp³-hybridized carbons (Fsp3) is 0.200. The number of rotatable bonds is 5. The maximum atomic E-state index is 11.0. The molecule has 0 amide bonds. The van der Waals surface area contributed by atoms with Crippen LogP contribution in [0.2, 0.25) is 0 Å². The number of nitro benzene ring substituents is 1. The van der Waals surface area contributed by atoms with Crippen molar-refractivity contribution in [1.82, 2.24) is 0 Å². The van der Waals surface area contributed by atoms with Crippen LogP contribution in [0.4, 0.5) is 5.69 Å². The Morgan fingerprint density at radius 1 is 1.44 bits per heavy atom. The normalized spacial score (nSPS) is 9.25. The van der Waals surface area contributed by atoms with Gasteiger partial charge in [-0.05, 0) is 12.0 Å². The first-order chi connectivity index (χ1) is 7.63. The first kappa shape index (κ1) is 11.7. The molecular weight excluding hydrogens is 210 g/mol. The highest BCUT2D eigenvalue weighted by Gasteiger charge is 2.06. The van der Waals surface area contributed by atoms with Crippen molar-refractivity contribution >= 4 is 17.7 Å². The number of carbonyl (C=O) groups excluding carboxylic acids is 1. The van der Waals surface area contributed by atoms with E-state index in [1.807, 2.05) is 0 Å². The summed E-state index contributed by atoms with van der Waals surface area (Å²) < 4.78 is 0. The minimum atomic E-state index is -0.479. The lowest BCUT2D eigenvalue weighted by molar-refractivity contribution is -0.384. The Morgan fingerprint density at radius 3 is 2.56 bits per heavy atom. The van der Waals surface area contributed by atoms with Crippen molar-refractivity contribution in [3.8, 4) is 0 Å². The van der Waals surface area contributed by atoms with E-state index in [4.69, 9.17) is 5.53 Å². The van der Waals surface area contributed by atoms with Gasteiger partial charge in [0.25, 0.3) is 5.69 Å². The smallest absolute Gasteiger partial charge is 0.323 e. The Morgan fingerprint density at radius 2 is 2.06 bits per heavy atom. The van der Waals surface area contributed by atoms with Gasteiger partial charge in [0.15, 0.2) is 0 Å². The second-order valence-corrected chi connectivity index (χ2v) is 3.13. The number of hydrogen-bond acceptors (Lipinski definition) is 3. The molecule has 0 aliphatic heterocycles. The third-order valence-corrected chi connectivity index (χ3v) is 2.01. The number of carbonyl (C=O) groups is 1. The minimum absolute atomic E-state index is 0.0204. The van der Waals surface area contributed by atoms with E-state index in [9.17, 15) is 14.9 Å². The molecule has 0 bridgehead atoms. The zero-order valence-electron chi connectivity index (χ0n) is 8.37. The van der Waals surface area contributed by atoms with Crippen molar-refractivity contribution < 1.29 is 14.5 Å². The molecule has 0 saturated carbocycles. The number of aryl methyl sites for hydroxylation is 1. The second-order valence-electron chi connectivity index (χ2n) is 3.13. The summed E-state index contributed by atoms with van der Waals surface area (Å²) in [6.07, 6.45) is 1.51. The predicted molar refractivity (Wildman–Crippen MR) is 56.1 cm³/mol. The van der Waals surface area contributed by atoms with E-state index in [0.29, 0.717) is 6.42 Å². The third-order valence-electron chi connectivity index (χ3n) is 2.01. The van der Waals surface area contributed by atoms with Crippen LogP contribution in [-0.2, 0) is 11.2 Å². The SMILES string of the molecule is [N-]=[N+]=CC(=O)CCc1ccc([N+](=O)[O-])cc1. The van der Waals surface area contributed by atoms with Crippen molar-refractivity contribution in [2.24, 2.45) is 0 Å². The molecule has 6 heteroatoms. The van der Waals surface area contributed by atoms with Gasteiger partial charge in [0.1, 0.15) is 0 Å². The summed E-state index contributed by atoms with van der Waals surface area (Å²) in [7, 11) is 0. The molecule has 1 rings (SSSR count). The molecule has 0 radical (unpaired) electrons. The maximum Gasteiger partial charge on any atom is 0.323 e. The summed E-state index contributed by atoms with van der Waals surface area (Å²) in [5.41, 5.74) is 8.95. The van der Waals surface area contributed by atoms with Crippen LogP contribution in [0.15, 0.2) is 24.3 Å². The fourth-order valence-corrected chi connectivity index (χ4v) is 1.18. The summed E-state index contributed by atoms with van der Waals surface area (Å²) in [6.45, 7) is 0. The number of benzene rings is 1. The van der Waals surface area contributed by atoms with E-state index in [1.165, 1.54) is 12.1 Å². The van der Waals surface area contributed by atoms with Crippen LogP contribution < -0.4 is 0 Å². The third kappa shape index (κ3) is 3.43. The first-order valence-electron chi connectivity index (χ1n) is 4.57. The zero-order chi connectivity index (χ0) is 12.0. The number of non-ortho nitro benzene ring substituents is 1. The molecule has 0 heterocycles. The summed E-state index contributed by atoms with van der Waals surface area (Å²) >= 11 is 0. The van der Waals surface area contributed by atoms with E-state index >= 15 is 0 Å². The summed E-state index contributed by atoms with van der Waals surface area (Å²) in [6, 6.07) is 5.98. The van der Waals surface area contributed by atoms with Crippen LogP contribution >= 0.6 is 0 Å². The van der Waals surface area contributed by atoms with Gasteiger partial charge in [-0.1, -0.05) is 12.1 Å². The molecule has 6 nitrogen and oxygen atoms in total. The van der Waals surface area contributed by atoms with Crippen LogP contribution in [0, 0.1) is 10.1 Å². The lowest BCUT2D eigenvalue weighted by atomic mass is 10.1. The zero-order valence-corrected chi connectivity index (χ0v) is 8.37. The topological polar surface area (TPSA) is 96.6 Å². The average molecular weight is 219 g/mol. The van der Waals surface area contributed by atoms with E-state index < -0.39 is 4.92 Å². The number of nitrogens with zero attached hydrogens (tertiary/aromatic N) is 3. The standard InChI is InChI=1S/C10H9N3O3/c11-12-7-10(14)6-3-8-1-4-9(5-2-8)13(15)16/h1-2,4-5,7H,3,6H2. The van der Waals surface area contributed by atoms with Crippen LogP contribution in [0.25, 0.3) is 5.53 Å². The molecule has 0 aliphatic carbocycles. The van der Waals surface area contributed by atoms with Crippen molar-refractivity contribution in [1.29, 1.82) is 0 Å². The molecule has 0 N–H and O–H groups in total. The van der Waals surface area contributed by atoms with Gasteiger partial charge in [0.05, 0.1) is 4.92 Å². The molecule has 0 atom stereocenters. The average Bonchev–Trinajstić information content (AvgIpc) is 2.27. The van der Waals surface area contributed by atoms with Crippen molar-refractivity contribution in [2.75, 3.05) is 0 Å². The van der Waals surface area contributed by atoms with Crippen molar-refractivity contribution in [3.05, 3.63) is 45.5 Å². The molecule has 0 saturated heterocycles. The molecule has 0 aliphatic rings. The second kappa shape index (κ2) is 5.53. The van der Waals surface area contributed by atoms with Gasteiger partial charge in [-0.25, -0.2) is 0 Å². The van der Waals surface area contributed by atoms with Gasteiger partial charge in [-0.3, -0.25) is 14.9 Å². The number of nitro groups is 1. The Hall–Kier alpha value is -2.33. The van der Waals surface area contributed by atoms with Gasteiger partial charge in [-0.2, -0.15) is 4.79 Å². The van der Waals surface area contributed by atoms with Gasteiger partial charge >= 0.3 is 6.21 Å². The Balaban J connectivity index is 2.59. The van der Waals surface area contributed by atoms with Crippen LogP contribution in [0.3, 0.4) is 0 Å². The molecule has 0 aromatic heterocycles. The van der Waals surface area contributed by atoms with E-state index in [0.717, 1.165) is 11.8 Å². The molecule has 0 unspecified atom stereocenters. The molecule has 0 spiro atoms. The van der Waals surface area contributed by atoms with Crippen molar-refractivity contribution in [2.45, 2.75) is 12.8 Å². The summed E-state index contributed by atoms with van der Waals surface area (Å²) in [5, 5.41) is 10.4. The molecule has 1 aromatic carbocycles. The first-order valence-corrected chi connectivity index (χ1v) is 4.57. The van der Waals surface area contributed by atoms with E-state index in [-0.39, 0.29) is 17.9 Å². The maximum absolute atomic E-state index is 11.0. The molecular formula is C10H9N3O3. The van der Waals surface area contributed by atoms with E-state index in [1.54, 1.807) is 12.1 Å². The van der Waals surface area contributed by atoms with Gasteiger partial charge in [0.2, 0.25) is 5.78 Å². The molecule has 0 fully saturated rings. The Bertz CT molecular complexity index is 447. The number of ketones is 1. The Kier molecular flexibility index (Phi) is 4.06. The predicted octanol–water partition coefficient (Wildman–Crippen LogP) is 1.40. The highest BCUT2D eigenvalue weighted by Crippen LogP contribution is 2.12. The van der Waals surface area contributed by atoms with Gasteiger partial charge < -0.3 is 5.53 Å². The molecule has 16 heavy (non-hydrogen) atoms. The highest BCUT2D eigenvalue weighted by molar-refractivity contribution is 6.25. The number of hydrogen-bond donors (Lipinski definition) is 0.